The number of hydrazine groups is 1. The molecular weight excluding hydrogens is 232 g/mol. The van der Waals surface area contributed by atoms with Gasteiger partial charge in [0.05, 0.1) is 17.7 Å². The molecule has 2 rings (SSSR count). The highest BCUT2D eigenvalue weighted by Gasteiger charge is 2.02. The van der Waals surface area contributed by atoms with Gasteiger partial charge in [0.25, 0.3) is 0 Å². The van der Waals surface area contributed by atoms with Gasteiger partial charge in [-0.2, -0.15) is 0 Å². The standard InChI is InChI=1S/C11H11N6O/c12-17(11-9-13-6-7-14-11)16-15-5-1-3-10-4-2-8-18-10/h1-9H,(H2,12,16)/q+1. The Kier molecular flexibility index (Phi) is 3.91. The molecule has 90 valence electrons. The van der Waals surface area contributed by atoms with Crippen LogP contribution in [0.2, 0.25) is 0 Å². The molecule has 0 aromatic carbocycles. The van der Waals surface area contributed by atoms with E-state index in [0.717, 1.165) is 10.6 Å². The van der Waals surface area contributed by atoms with Crippen molar-refractivity contribution < 1.29 is 9.22 Å². The third-order valence-corrected chi connectivity index (χ3v) is 1.89. The van der Waals surface area contributed by atoms with Crippen molar-refractivity contribution in [2.45, 2.75) is 0 Å². The SMILES string of the molecule is N[N+](=NN=CC=Cc1ccco1)c1cnccn1. The first kappa shape index (κ1) is 11.6. The number of nitrogens with zero attached hydrogens (tertiary/aromatic N) is 5. The fourth-order valence-electron chi connectivity index (χ4n) is 1.10. The summed E-state index contributed by atoms with van der Waals surface area (Å²) in [6.45, 7) is 0. The number of allylic oxidation sites excluding steroid dienone is 1. The van der Waals surface area contributed by atoms with E-state index in [9.17, 15) is 0 Å². The van der Waals surface area contributed by atoms with Crippen LogP contribution in [0.5, 0.6) is 0 Å². The molecule has 0 fully saturated rings. The van der Waals surface area contributed by atoms with Crippen molar-refractivity contribution in [2.75, 3.05) is 0 Å². The van der Waals surface area contributed by atoms with Crippen molar-refractivity contribution in [2.24, 2.45) is 16.2 Å². The molecule has 2 N–H and O–H groups in total. The predicted octanol–water partition coefficient (Wildman–Crippen LogP) is 1.74. The Balaban J connectivity index is 1.94. The second kappa shape index (κ2) is 6.04. The van der Waals surface area contributed by atoms with Crippen molar-refractivity contribution in [1.29, 1.82) is 0 Å². The zero-order valence-electron chi connectivity index (χ0n) is 9.42. The molecule has 0 bridgehead atoms. The van der Waals surface area contributed by atoms with E-state index in [1.54, 1.807) is 30.7 Å². The van der Waals surface area contributed by atoms with E-state index in [4.69, 9.17) is 10.3 Å². The van der Waals surface area contributed by atoms with Gasteiger partial charge in [-0.05, 0) is 34.2 Å². The summed E-state index contributed by atoms with van der Waals surface area (Å²) < 4.78 is 5.10. The van der Waals surface area contributed by atoms with Gasteiger partial charge in [-0.25, -0.2) is 0 Å². The van der Waals surface area contributed by atoms with E-state index in [1.165, 1.54) is 18.6 Å². The number of hydrogen-bond donors (Lipinski definition) is 1. The lowest BCUT2D eigenvalue weighted by Gasteiger charge is -1.89. The number of nitrogens with two attached hydrogens (primary N) is 1. The van der Waals surface area contributed by atoms with Crippen molar-refractivity contribution in [3.05, 3.63) is 48.8 Å². The Morgan fingerprint density at radius 2 is 2.33 bits per heavy atom. The highest BCUT2D eigenvalue weighted by molar-refractivity contribution is 5.77. The van der Waals surface area contributed by atoms with Crippen LogP contribution in [0.3, 0.4) is 0 Å². The van der Waals surface area contributed by atoms with Gasteiger partial charge in [-0.1, -0.05) is 0 Å². The van der Waals surface area contributed by atoms with Gasteiger partial charge < -0.3 is 4.42 Å². The molecule has 0 saturated heterocycles. The summed E-state index contributed by atoms with van der Waals surface area (Å²) in [4.78, 5) is 8.85. The van der Waals surface area contributed by atoms with Crippen molar-refractivity contribution in [3.63, 3.8) is 0 Å². The van der Waals surface area contributed by atoms with Crippen LogP contribution < -0.4 is 5.84 Å². The molecule has 0 aliphatic rings. The Bertz CT molecular complexity index is 558. The summed E-state index contributed by atoms with van der Waals surface area (Å²) >= 11 is 0. The van der Waals surface area contributed by atoms with Crippen molar-refractivity contribution in [1.82, 2.24) is 9.97 Å². The van der Waals surface area contributed by atoms with Crippen LogP contribution in [-0.2, 0) is 0 Å². The maximum absolute atomic E-state index is 5.58. The molecule has 0 saturated carbocycles. The fourth-order valence-corrected chi connectivity index (χ4v) is 1.10. The van der Waals surface area contributed by atoms with Gasteiger partial charge in [0.2, 0.25) is 0 Å². The number of furan rings is 1. The molecular formula is C11H11N6O+. The Morgan fingerprint density at radius 3 is 3.06 bits per heavy atom. The largest absolute Gasteiger partial charge is 0.465 e. The van der Waals surface area contributed by atoms with Gasteiger partial charge in [0.15, 0.2) is 0 Å². The molecule has 0 aliphatic heterocycles. The molecule has 0 spiro atoms. The molecule has 7 nitrogen and oxygen atoms in total. The fraction of sp³-hybridized carbons (Fsp3) is 0. The Labute approximate surface area is 103 Å². The minimum absolute atomic E-state index is 0.407. The molecule has 0 amide bonds. The van der Waals surface area contributed by atoms with E-state index >= 15 is 0 Å². The number of rotatable bonds is 4. The molecule has 0 radical (unpaired) electrons. The van der Waals surface area contributed by atoms with E-state index in [2.05, 4.69) is 20.3 Å². The lowest BCUT2D eigenvalue weighted by Crippen LogP contribution is -2.11. The average molecular weight is 243 g/mol. The second-order valence-electron chi connectivity index (χ2n) is 3.14. The third kappa shape index (κ3) is 3.34. The van der Waals surface area contributed by atoms with Crippen molar-refractivity contribution in [3.8, 4) is 0 Å². The van der Waals surface area contributed by atoms with Gasteiger partial charge in [-0.3, -0.25) is 10.8 Å². The number of hydrogen-bond acceptors (Lipinski definition) is 4. The summed E-state index contributed by atoms with van der Waals surface area (Å²) in [5.74, 6) is 6.72. The topological polar surface area (TPSA) is 92.7 Å². The van der Waals surface area contributed by atoms with E-state index < -0.39 is 0 Å². The molecule has 2 heterocycles. The van der Waals surface area contributed by atoms with E-state index in [0.29, 0.717) is 5.82 Å². The summed E-state index contributed by atoms with van der Waals surface area (Å²) in [5.41, 5.74) is 0. The molecule has 0 unspecified atom stereocenters. The molecule has 2 aromatic rings. The summed E-state index contributed by atoms with van der Waals surface area (Å²) in [6, 6.07) is 3.63. The Morgan fingerprint density at radius 1 is 1.39 bits per heavy atom. The molecule has 0 aliphatic carbocycles. The van der Waals surface area contributed by atoms with Crippen LogP contribution in [0.1, 0.15) is 5.76 Å². The van der Waals surface area contributed by atoms with Crippen molar-refractivity contribution >= 4 is 18.1 Å². The normalized spacial score (nSPS) is 12.6. The summed E-state index contributed by atoms with van der Waals surface area (Å²) in [5, 5.41) is 7.46. The van der Waals surface area contributed by atoms with Crippen LogP contribution >= 0.6 is 0 Å². The number of aromatic nitrogens is 2. The first-order valence-corrected chi connectivity index (χ1v) is 5.11. The summed E-state index contributed by atoms with van der Waals surface area (Å²) in [7, 11) is 0. The quantitative estimate of drug-likeness (QED) is 0.291. The van der Waals surface area contributed by atoms with Crippen LogP contribution in [0, 0.1) is 0 Å². The highest BCUT2D eigenvalue weighted by Crippen LogP contribution is 2.01. The Hall–Kier alpha value is -2.83. The minimum Gasteiger partial charge on any atom is -0.465 e. The second-order valence-corrected chi connectivity index (χ2v) is 3.14. The lowest BCUT2D eigenvalue weighted by molar-refractivity contribution is -0.530. The third-order valence-electron chi connectivity index (χ3n) is 1.89. The first-order chi connectivity index (χ1) is 8.86. The highest BCUT2D eigenvalue weighted by atomic mass is 16.3. The van der Waals surface area contributed by atoms with Gasteiger partial charge in [0, 0.05) is 0 Å². The van der Waals surface area contributed by atoms with Crippen LogP contribution in [-0.4, -0.2) is 21.0 Å². The molecule has 7 heteroatoms. The van der Waals surface area contributed by atoms with Crippen LogP contribution in [0.4, 0.5) is 5.82 Å². The summed E-state index contributed by atoms with van der Waals surface area (Å²) in [6.07, 6.45) is 11.1. The maximum atomic E-state index is 5.58. The van der Waals surface area contributed by atoms with Crippen LogP contribution in [0.25, 0.3) is 6.08 Å². The van der Waals surface area contributed by atoms with E-state index in [1.807, 2.05) is 6.07 Å². The predicted molar refractivity (Wildman–Crippen MR) is 64.8 cm³/mol. The molecule has 0 atom stereocenters. The smallest absolute Gasteiger partial charge is 0.323 e. The van der Waals surface area contributed by atoms with E-state index in [-0.39, 0.29) is 0 Å². The monoisotopic (exact) mass is 243 g/mol. The lowest BCUT2D eigenvalue weighted by atomic mass is 10.4. The maximum Gasteiger partial charge on any atom is 0.323 e. The average Bonchev–Trinajstić information content (AvgIpc) is 2.92. The molecule has 18 heavy (non-hydrogen) atoms. The van der Waals surface area contributed by atoms with Gasteiger partial charge in [-0.15, -0.1) is 4.98 Å². The van der Waals surface area contributed by atoms with Crippen LogP contribution in [0.15, 0.2) is 57.8 Å². The first-order valence-electron chi connectivity index (χ1n) is 5.11. The zero-order valence-corrected chi connectivity index (χ0v) is 9.42. The molecule has 2 aromatic heterocycles. The zero-order chi connectivity index (χ0) is 12.6. The van der Waals surface area contributed by atoms with Gasteiger partial charge in [0.1, 0.15) is 24.4 Å². The van der Waals surface area contributed by atoms with Gasteiger partial charge >= 0.3 is 5.82 Å². The minimum atomic E-state index is 0.407.